The van der Waals surface area contributed by atoms with Gasteiger partial charge in [0.1, 0.15) is 12.4 Å². The van der Waals surface area contributed by atoms with Gasteiger partial charge in [0, 0.05) is 47.9 Å². The Balaban J connectivity index is 1.20. The molecule has 3 aromatic rings. The van der Waals surface area contributed by atoms with Crippen LogP contribution in [0.3, 0.4) is 0 Å². The monoisotopic (exact) mass is 400 g/mol. The molecule has 152 valence electrons. The molecule has 1 atom stereocenters. The SMILES string of the molecule is CN1Cc2c(ccc3c2CC(NCCCc2c[nH]c4ccc(C#N)cc24)CO3)C1=O. The highest BCUT2D eigenvalue weighted by atomic mass is 16.5. The summed E-state index contributed by atoms with van der Waals surface area (Å²) in [4.78, 5) is 17.3. The molecule has 0 bridgehead atoms. The van der Waals surface area contributed by atoms with Crippen LogP contribution in [-0.2, 0) is 19.4 Å². The zero-order valence-electron chi connectivity index (χ0n) is 17.0. The zero-order chi connectivity index (χ0) is 20.7. The van der Waals surface area contributed by atoms with E-state index in [0.717, 1.165) is 53.6 Å². The number of aromatic nitrogens is 1. The molecule has 2 aliphatic heterocycles. The Morgan fingerprint density at radius 2 is 2.20 bits per heavy atom. The van der Waals surface area contributed by atoms with E-state index in [-0.39, 0.29) is 11.9 Å². The molecule has 0 aliphatic carbocycles. The average molecular weight is 400 g/mol. The quantitative estimate of drug-likeness (QED) is 0.645. The Morgan fingerprint density at radius 3 is 3.07 bits per heavy atom. The van der Waals surface area contributed by atoms with Crippen molar-refractivity contribution in [2.45, 2.75) is 31.8 Å². The first-order chi connectivity index (χ1) is 14.6. The van der Waals surface area contributed by atoms with E-state index in [0.29, 0.717) is 18.7 Å². The van der Waals surface area contributed by atoms with Crippen molar-refractivity contribution >= 4 is 16.8 Å². The molecule has 30 heavy (non-hydrogen) atoms. The van der Waals surface area contributed by atoms with Gasteiger partial charge in [0.25, 0.3) is 5.91 Å². The van der Waals surface area contributed by atoms with Gasteiger partial charge in [-0.15, -0.1) is 0 Å². The molecule has 0 saturated carbocycles. The standard InChI is InChI=1S/C24H24N4O2/c1-28-13-21-18(24(28)29)5-7-23-20(21)10-17(14-30-23)26-8-2-3-16-12-27-22-6-4-15(11-25)9-19(16)22/h4-7,9,12,17,26-27H,2-3,8,10,13-14H2,1H3. The van der Waals surface area contributed by atoms with Crippen molar-refractivity contribution in [2.24, 2.45) is 0 Å². The number of benzene rings is 2. The Kier molecular flexibility index (Phi) is 4.68. The third-order valence-electron chi connectivity index (χ3n) is 6.20. The number of nitriles is 1. The van der Waals surface area contributed by atoms with Gasteiger partial charge in [-0.3, -0.25) is 4.79 Å². The molecule has 1 aromatic heterocycles. The van der Waals surface area contributed by atoms with Gasteiger partial charge in [-0.25, -0.2) is 0 Å². The van der Waals surface area contributed by atoms with E-state index in [2.05, 4.69) is 16.4 Å². The van der Waals surface area contributed by atoms with Crippen molar-refractivity contribution in [3.63, 3.8) is 0 Å². The summed E-state index contributed by atoms with van der Waals surface area (Å²) >= 11 is 0. The minimum atomic E-state index is 0.0983. The van der Waals surface area contributed by atoms with Gasteiger partial charge < -0.3 is 19.9 Å². The van der Waals surface area contributed by atoms with Crippen molar-refractivity contribution in [3.8, 4) is 11.8 Å². The number of carbonyl (C=O) groups is 1. The van der Waals surface area contributed by atoms with Crippen LogP contribution in [0, 0.1) is 11.3 Å². The molecular formula is C24H24N4O2. The van der Waals surface area contributed by atoms with Gasteiger partial charge >= 0.3 is 0 Å². The number of carbonyl (C=O) groups excluding carboxylic acids is 1. The average Bonchev–Trinajstić information content (AvgIpc) is 3.31. The van der Waals surface area contributed by atoms with Crippen LogP contribution in [0.1, 0.15) is 39.0 Å². The molecule has 6 nitrogen and oxygen atoms in total. The number of H-pyrrole nitrogens is 1. The van der Waals surface area contributed by atoms with Gasteiger partial charge in [0.15, 0.2) is 0 Å². The maximum atomic E-state index is 12.3. The summed E-state index contributed by atoms with van der Waals surface area (Å²) in [6.45, 7) is 2.20. The lowest BCUT2D eigenvalue weighted by atomic mass is 9.94. The minimum Gasteiger partial charge on any atom is -0.492 e. The Hall–Kier alpha value is -3.30. The zero-order valence-corrected chi connectivity index (χ0v) is 17.0. The number of amides is 1. The number of hydrogen-bond donors (Lipinski definition) is 2. The van der Waals surface area contributed by atoms with Crippen LogP contribution in [0.15, 0.2) is 36.5 Å². The Bertz CT molecular complexity index is 1170. The van der Waals surface area contributed by atoms with E-state index in [9.17, 15) is 4.79 Å². The first-order valence-electron chi connectivity index (χ1n) is 10.4. The second-order valence-electron chi connectivity index (χ2n) is 8.19. The molecule has 5 rings (SSSR count). The van der Waals surface area contributed by atoms with E-state index in [4.69, 9.17) is 10.00 Å². The van der Waals surface area contributed by atoms with Crippen LogP contribution in [0.4, 0.5) is 0 Å². The van der Waals surface area contributed by atoms with Crippen LogP contribution in [0.25, 0.3) is 10.9 Å². The van der Waals surface area contributed by atoms with Gasteiger partial charge in [0.2, 0.25) is 0 Å². The van der Waals surface area contributed by atoms with Crippen molar-refractivity contribution in [1.82, 2.24) is 15.2 Å². The van der Waals surface area contributed by atoms with Gasteiger partial charge in [-0.05, 0) is 67.3 Å². The maximum Gasteiger partial charge on any atom is 0.254 e. The summed E-state index contributed by atoms with van der Waals surface area (Å²) < 4.78 is 5.99. The molecule has 0 fully saturated rings. The van der Waals surface area contributed by atoms with Gasteiger partial charge in [-0.1, -0.05) is 0 Å². The van der Waals surface area contributed by atoms with Crippen LogP contribution >= 0.6 is 0 Å². The lowest BCUT2D eigenvalue weighted by molar-refractivity contribution is 0.0816. The molecule has 0 spiro atoms. The summed E-state index contributed by atoms with van der Waals surface area (Å²) in [5, 5.41) is 13.9. The van der Waals surface area contributed by atoms with Crippen LogP contribution in [0.5, 0.6) is 5.75 Å². The van der Waals surface area contributed by atoms with Crippen molar-refractivity contribution in [2.75, 3.05) is 20.2 Å². The first-order valence-corrected chi connectivity index (χ1v) is 10.4. The largest absolute Gasteiger partial charge is 0.492 e. The molecule has 3 heterocycles. The van der Waals surface area contributed by atoms with Crippen LogP contribution in [-0.4, -0.2) is 42.0 Å². The summed E-state index contributed by atoms with van der Waals surface area (Å²) in [6.07, 6.45) is 4.88. The van der Waals surface area contributed by atoms with E-state index in [1.165, 1.54) is 11.1 Å². The highest BCUT2D eigenvalue weighted by Gasteiger charge is 2.31. The van der Waals surface area contributed by atoms with Crippen LogP contribution in [0.2, 0.25) is 0 Å². The number of nitrogens with one attached hydrogen (secondary N) is 2. The second-order valence-corrected chi connectivity index (χ2v) is 8.19. The number of hydrogen-bond acceptors (Lipinski definition) is 4. The number of nitrogens with zero attached hydrogens (tertiary/aromatic N) is 2. The van der Waals surface area contributed by atoms with E-state index in [1.54, 1.807) is 4.90 Å². The Labute approximate surface area is 175 Å². The second kappa shape index (κ2) is 7.51. The van der Waals surface area contributed by atoms with Crippen LogP contribution < -0.4 is 10.1 Å². The Morgan fingerprint density at radius 1 is 1.30 bits per heavy atom. The summed E-state index contributed by atoms with van der Waals surface area (Å²) in [6, 6.07) is 12.1. The maximum absolute atomic E-state index is 12.3. The van der Waals surface area contributed by atoms with Crippen molar-refractivity contribution in [3.05, 3.63) is 64.3 Å². The molecule has 1 unspecified atom stereocenters. The summed E-state index contributed by atoms with van der Waals surface area (Å²) in [5.41, 5.74) is 6.12. The first kappa shape index (κ1) is 18.7. The summed E-state index contributed by atoms with van der Waals surface area (Å²) in [7, 11) is 1.85. The van der Waals surface area contributed by atoms with Gasteiger partial charge in [0.05, 0.1) is 11.6 Å². The number of aryl methyl sites for hydroxylation is 1. The molecule has 2 N–H and O–H groups in total. The van der Waals surface area contributed by atoms with Crippen molar-refractivity contribution < 1.29 is 9.53 Å². The molecular weight excluding hydrogens is 376 g/mol. The topological polar surface area (TPSA) is 81.2 Å². The minimum absolute atomic E-state index is 0.0983. The smallest absolute Gasteiger partial charge is 0.254 e. The number of rotatable bonds is 5. The number of fused-ring (bicyclic) bond motifs is 4. The van der Waals surface area contributed by atoms with E-state index >= 15 is 0 Å². The normalized spacial score (nSPS) is 17.5. The number of aromatic amines is 1. The van der Waals surface area contributed by atoms with E-state index < -0.39 is 0 Å². The third kappa shape index (κ3) is 3.21. The van der Waals surface area contributed by atoms with Crippen molar-refractivity contribution in [1.29, 1.82) is 5.26 Å². The lowest BCUT2D eigenvalue weighted by Crippen LogP contribution is -2.40. The molecule has 0 radical (unpaired) electrons. The molecule has 2 aromatic carbocycles. The molecule has 0 saturated heterocycles. The molecule has 2 aliphatic rings. The third-order valence-corrected chi connectivity index (χ3v) is 6.20. The fourth-order valence-corrected chi connectivity index (χ4v) is 4.59. The highest BCUT2D eigenvalue weighted by Crippen LogP contribution is 2.34. The summed E-state index contributed by atoms with van der Waals surface area (Å²) in [5.74, 6) is 1.02. The highest BCUT2D eigenvalue weighted by molar-refractivity contribution is 5.99. The number of ether oxygens (including phenoxy) is 1. The molecule has 1 amide bonds. The predicted octanol–water partition coefficient (Wildman–Crippen LogP) is 3.15. The lowest BCUT2D eigenvalue weighted by Gasteiger charge is -2.27. The fraction of sp³-hybridized carbons (Fsp3) is 0.333. The fourth-order valence-electron chi connectivity index (χ4n) is 4.59. The molecule has 6 heteroatoms. The predicted molar refractivity (Wildman–Crippen MR) is 115 cm³/mol. The van der Waals surface area contributed by atoms with E-state index in [1.807, 2.05) is 43.6 Å². The van der Waals surface area contributed by atoms with Gasteiger partial charge in [-0.2, -0.15) is 5.26 Å².